The number of carboxylic acid groups (broad SMARTS) is 1. The van der Waals surface area contributed by atoms with Crippen LogP contribution in [0.1, 0.15) is 41.0 Å². The molecule has 2 nitrogen and oxygen atoms in total. The molecule has 0 saturated carbocycles. The summed E-state index contributed by atoms with van der Waals surface area (Å²) in [7, 11) is 0. The minimum absolute atomic E-state index is 0. The van der Waals surface area contributed by atoms with Crippen LogP contribution in [0.2, 0.25) is 0 Å². The molecule has 0 aliphatic rings. The molecule has 1 atom stereocenters. The molecule has 0 heterocycles. The molecule has 0 spiro atoms. The van der Waals surface area contributed by atoms with Crippen LogP contribution in [0, 0.1) is 17.3 Å². The van der Waals surface area contributed by atoms with Crippen molar-refractivity contribution in [1.29, 1.82) is 0 Å². The fraction of sp³-hybridized carbons (Fsp3) is 0.900. The van der Waals surface area contributed by atoms with E-state index in [-0.39, 0.29) is 28.3 Å². The zero-order valence-electron chi connectivity index (χ0n) is 9.02. The monoisotopic (exact) mass is 279 g/mol. The Hall–Kier alpha value is 0.210. The van der Waals surface area contributed by atoms with E-state index < -0.39 is 11.4 Å². The van der Waals surface area contributed by atoms with E-state index >= 15 is 0 Å². The summed E-state index contributed by atoms with van der Waals surface area (Å²) in [6, 6.07) is 0. The predicted molar refractivity (Wildman–Crippen MR) is 50.0 cm³/mol. The van der Waals surface area contributed by atoms with Gasteiger partial charge in [0.15, 0.2) is 0 Å². The molecule has 0 aromatic heterocycles. The topological polar surface area (TPSA) is 37.3 Å². The van der Waals surface area contributed by atoms with Crippen LogP contribution in [-0.2, 0) is 27.2 Å². The fourth-order valence-electron chi connectivity index (χ4n) is 1.21. The maximum Gasteiger partial charge on any atom is 0.309 e. The van der Waals surface area contributed by atoms with E-state index in [0.717, 1.165) is 6.42 Å². The van der Waals surface area contributed by atoms with Crippen LogP contribution in [0.5, 0.6) is 0 Å². The second kappa shape index (κ2) is 5.84. The minimum atomic E-state index is -0.698. The molecule has 83 valence electrons. The third kappa shape index (κ3) is 4.84. The Morgan fingerprint density at radius 3 is 1.92 bits per heavy atom. The molecule has 3 heteroatoms. The molecule has 0 amide bonds. The molecular formula is C10H20AgO2. The number of carboxylic acids is 1. The van der Waals surface area contributed by atoms with Crippen LogP contribution in [0.4, 0.5) is 0 Å². The summed E-state index contributed by atoms with van der Waals surface area (Å²) in [6.45, 7) is 9.84. The van der Waals surface area contributed by atoms with Crippen molar-refractivity contribution in [1.82, 2.24) is 0 Å². The van der Waals surface area contributed by atoms with Gasteiger partial charge in [-0.2, -0.15) is 0 Å². The van der Waals surface area contributed by atoms with Gasteiger partial charge in [0.05, 0.1) is 5.41 Å². The van der Waals surface area contributed by atoms with E-state index in [9.17, 15) is 4.79 Å². The molecule has 0 fully saturated rings. The standard InChI is InChI=1S/C10H20O2.Ag/c1-7(2)6-8(3)10(4,5)9(11)12;/h7-8H,6H2,1-5H3,(H,11,12);. The van der Waals surface area contributed by atoms with E-state index in [1.54, 1.807) is 13.8 Å². The molecule has 1 radical (unpaired) electrons. The van der Waals surface area contributed by atoms with Crippen molar-refractivity contribution in [3.8, 4) is 0 Å². The summed E-state index contributed by atoms with van der Waals surface area (Å²) >= 11 is 0. The van der Waals surface area contributed by atoms with Crippen LogP contribution in [-0.4, -0.2) is 11.1 Å². The maximum atomic E-state index is 10.8. The smallest absolute Gasteiger partial charge is 0.309 e. The van der Waals surface area contributed by atoms with Crippen molar-refractivity contribution in [3.05, 3.63) is 0 Å². The van der Waals surface area contributed by atoms with Crippen molar-refractivity contribution >= 4 is 5.97 Å². The number of rotatable bonds is 4. The Labute approximate surface area is 96.6 Å². The van der Waals surface area contributed by atoms with Gasteiger partial charge in [-0.1, -0.05) is 20.8 Å². The molecule has 0 saturated heterocycles. The second-order valence-corrected chi connectivity index (χ2v) is 4.56. The maximum absolute atomic E-state index is 10.8. The summed E-state index contributed by atoms with van der Waals surface area (Å²) in [5.41, 5.74) is -0.593. The Balaban J connectivity index is 0. The van der Waals surface area contributed by atoms with Crippen molar-refractivity contribution in [2.75, 3.05) is 0 Å². The van der Waals surface area contributed by atoms with Gasteiger partial charge in [-0.05, 0) is 32.1 Å². The third-order valence-corrected chi connectivity index (χ3v) is 2.61. The summed E-state index contributed by atoms with van der Waals surface area (Å²) in [5, 5.41) is 8.92. The zero-order valence-corrected chi connectivity index (χ0v) is 10.5. The Kier molecular flexibility index (Phi) is 7.04. The van der Waals surface area contributed by atoms with Gasteiger partial charge >= 0.3 is 5.97 Å². The van der Waals surface area contributed by atoms with Crippen LogP contribution >= 0.6 is 0 Å². The van der Waals surface area contributed by atoms with E-state index in [4.69, 9.17) is 5.11 Å². The molecule has 0 rings (SSSR count). The first-order valence-corrected chi connectivity index (χ1v) is 4.51. The quantitative estimate of drug-likeness (QED) is 0.804. The molecule has 1 unspecified atom stereocenters. The van der Waals surface area contributed by atoms with Crippen LogP contribution in [0.3, 0.4) is 0 Å². The van der Waals surface area contributed by atoms with E-state index in [1.165, 1.54) is 0 Å². The number of hydrogen-bond donors (Lipinski definition) is 1. The fourth-order valence-corrected chi connectivity index (χ4v) is 1.21. The first kappa shape index (κ1) is 15.7. The van der Waals surface area contributed by atoms with Gasteiger partial charge in [-0.25, -0.2) is 0 Å². The van der Waals surface area contributed by atoms with Gasteiger partial charge in [0.1, 0.15) is 0 Å². The van der Waals surface area contributed by atoms with Crippen molar-refractivity contribution < 1.29 is 32.3 Å². The molecule has 13 heavy (non-hydrogen) atoms. The van der Waals surface area contributed by atoms with Crippen molar-refractivity contribution in [2.45, 2.75) is 41.0 Å². The van der Waals surface area contributed by atoms with Crippen molar-refractivity contribution in [2.24, 2.45) is 17.3 Å². The molecule has 0 bridgehead atoms. The SMILES string of the molecule is CC(C)CC(C)C(C)(C)C(=O)O.[Ag]. The molecule has 0 aliphatic heterocycles. The van der Waals surface area contributed by atoms with Crippen molar-refractivity contribution in [3.63, 3.8) is 0 Å². The normalized spacial score (nSPS) is 13.7. The van der Waals surface area contributed by atoms with Gasteiger partial charge in [0, 0.05) is 22.4 Å². The molecule has 0 aromatic carbocycles. The molecular weight excluding hydrogens is 260 g/mol. The van der Waals surface area contributed by atoms with E-state index in [1.807, 2.05) is 6.92 Å². The summed E-state index contributed by atoms with van der Waals surface area (Å²) in [5.74, 6) is 0.101. The Bertz CT molecular complexity index is 164. The first-order valence-electron chi connectivity index (χ1n) is 4.51. The number of carbonyl (C=O) groups is 1. The summed E-state index contributed by atoms with van der Waals surface area (Å²) < 4.78 is 0. The molecule has 0 aliphatic carbocycles. The van der Waals surface area contributed by atoms with Crippen LogP contribution in [0.25, 0.3) is 0 Å². The van der Waals surface area contributed by atoms with Gasteiger partial charge in [-0.3, -0.25) is 4.79 Å². The third-order valence-electron chi connectivity index (χ3n) is 2.61. The van der Waals surface area contributed by atoms with Gasteiger partial charge < -0.3 is 5.11 Å². The zero-order chi connectivity index (χ0) is 9.94. The van der Waals surface area contributed by atoms with Gasteiger partial charge in [-0.15, -0.1) is 0 Å². The first-order chi connectivity index (χ1) is 5.28. The minimum Gasteiger partial charge on any atom is -0.481 e. The average molecular weight is 280 g/mol. The Morgan fingerprint density at radius 1 is 1.31 bits per heavy atom. The number of hydrogen-bond acceptors (Lipinski definition) is 1. The largest absolute Gasteiger partial charge is 0.481 e. The van der Waals surface area contributed by atoms with Gasteiger partial charge in [0.2, 0.25) is 0 Å². The van der Waals surface area contributed by atoms with Gasteiger partial charge in [0.25, 0.3) is 0 Å². The van der Waals surface area contributed by atoms with Crippen LogP contribution in [0.15, 0.2) is 0 Å². The summed E-state index contributed by atoms with van der Waals surface area (Å²) in [6.07, 6.45) is 0.972. The van der Waals surface area contributed by atoms with E-state index in [2.05, 4.69) is 13.8 Å². The molecule has 1 N–H and O–H groups in total. The average Bonchev–Trinajstić information content (AvgIpc) is 1.85. The number of aliphatic carboxylic acids is 1. The predicted octanol–water partition coefficient (Wildman–Crippen LogP) is 2.78. The summed E-state index contributed by atoms with van der Waals surface area (Å²) in [4.78, 5) is 10.8. The Morgan fingerprint density at radius 2 is 1.69 bits per heavy atom. The molecule has 0 aromatic rings. The van der Waals surface area contributed by atoms with E-state index in [0.29, 0.717) is 5.92 Å². The van der Waals surface area contributed by atoms with Crippen LogP contribution < -0.4 is 0 Å². The second-order valence-electron chi connectivity index (χ2n) is 4.56.